The van der Waals surface area contributed by atoms with Gasteiger partial charge in [-0.1, -0.05) is 13.8 Å². The molecule has 134 valence electrons. The highest BCUT2D eigenvalue weighted by molar-refractivity contribution is 5.72. The minimum atomic E-state index is 0.00219. The van der Waals surface area contributed by atoms with Crippen LogP contribution in [0.5, 0.6) is 5.75 Å². The van der Waals surface area contributed by atoms with Crippen molar-refractivity contribution in [3.63, 3.8) is 0 Å². The smallest absolute Gasteiger partial charge is 0.294 e. The van der Waals surface area contributed by atoms with Crippen molar-refractivity contribution < 1.29 is 4.74 Å². The van der Waals surface area contributed by atoms with Gasteiger partial charge in [-0.05, 0) is 56.4 Å². The Hall–Kier alpha value is -2.30. The molecule has 0 saturated heterocycles. The lowest BCUT2D eigenvalue weighted by atomic mass is 10.1. The molecule has 1 aromatic heterocycles. The standard InChI is InChI=1S/C20H27N3O2/c1-6-16(7-2)23-12-14(4)21-19(20(23)24)22-9-8-15-11-17(25-5)10-13(3)18(15)22/h10-12,16H,6-9H2,1-5H3. The molecule has 0 aliphatic carbocycles. The number of aryl methyl sites for hydroxylation is 2. The van der Waals surface area contributed by atoms with Gasteiger partial charge in [0, 0.05) is 24.5 Å². The number of rotatable bonds is 5. The number of aromatic nitrogens is 2. The molecule has 5 heteroatoms. The highest BCUT2D eigenvalue weighted by Gasteiger charge is 2.27. The van der Waals surface area contributed by atoms with Crippen LogP contribution in [0.15, 0.2) is 23.1 Å². The van der Waals surface area contributed by atoms with E-state index in [-0.39, 0.29) is 11.6 Å². The van der Waals surface area contributed by atoms with Crippen LogP contribution in [0.4, 0.5) is 11.5 Å². The number of ether oxygens (including phenoxy) is 1. The molecule has 1 aliphatic rings. The topological polar surface area (TPSA) is 47.4 Å². The van der Waals surface area contributed by atoms with Crippen LogP contribution >= 0.6 is 0 Å². The van der Waals surface area contributed by atoms with Crippen molar-refractivity contribution in [2.45, 2.75) is 53.0 Å². The highest BCUT2D eigenvalue weighted by Crippen LogP contribution is 2.38. The third-order valence-corrected chi connectivity index (χ3v) is 5.09. The Morgan fingerprint density at radius 1 is 1.24 bits per heavy atom. The van der Waals surface area contributed by atoms with E-state index in [4.69, 9.17) is 4.74 Å². The SMILES string of the molecule is CCC(CC)n1cc(C)nc(N2CCc3cc(OC)cc(C)c32)c1=O. The van der Waals surface area contributed by atoms with Crippen molar-refractivity contribution >= 4 is 11.5 Å². The third-order valence-electron chi connectivity index (χ3n) is 5.09. The first kappa shape index (κ1) is 17.5. The largest absolute Gasteiger partial charge is 0.497 e. The molecule has 0 fully saturated rings. The fourth-order valence-corrected chi connectivity index (χ4v) is 3.82. The maximum absolute atomic E-state index is 13.1. The average Bonchev–Trinajstić information content (AvgIpc) is 3.02. The zero-order valence-electron chi connectivity index (χ0n) is 15.8. The lowest BCUT2D eigenvalue weighted by Gasteiger charge is -2.23. The van der Waals surface area contributed by atoms with E-state index in [1.165, 1.54) is 5.56 Å². The maximum Gasteiger partial charge on any atom is 0.294 e. The molecule has 0 spiro atoms. The average molecular weight is 341 g/mol. The van der Waals surface area contributed by atoms with Gasteiger partial charge in [0.25, 0.3) is 5.56 Å². The highest BCUT2D eigenvalue weighted by atomic mass is 16.5. The van der Waals surface area contributed by atoms with Crippen molar-refractivity contribution in [1.29, 1.82) is 0 Å². The number of benzene rings is 1. The Morgan fingerprint density at radius 3 is 2.60 bits per heavy atom. The van der Waals surface area contributed by atoms with Crippen molar-refractivity contribution in [3.05, 3.63) is 45.5 Å². The monoisotopic (exact) mass is 341 g/mol. The van der Waals surface area contributed by atoms with E-state index in [2.05, 4.69) is 36.7 Å². The molecular weight excluding hydrogens is 314 g/mol. The third kappa shape index (κ3) is 3.03. The summed E-state index contributed by atoms with van der Waals surface area (Å²) in [6.07, 6.45) is 4.66. The number of nitrogens with zero attached hydrogens (tertiary/aromatic N) is 3. The maximum atomic E-state index is 13.1. The molecule has 25 heavy (non-hydrogen) atoms. The van der Waals surface area contributed by atoms with Gasteiger partial charge in [-0.15, -0.1) is 0 Å². The van der Waals surface area contributed by atoms with E-state index in [0.717, 1.165) is 48.5 Å². The van der Waals surface area contributed by atoms with Gasteiger partial charge >= 0.3 is 0 Å². The molecule has 1 aliphatic heterocycles. The first-order chi connectivity index (χ1) is 12.0. The van der Waals surface area contributed by atoms with E-state index in [1.807, 2.05) is 23.8 Å². The summed E-state index contributed by atoms with van der Waals surface area (Å²) in [6.45, 7) is 9.04. The second-order valence-corrected chi connectivity index (χ2v) is 6.74. The molecule has 0 radical (unpaired) electrons. The molecular formula is C20H27N3O2. The van der Waals surface area contributed by atoms with Gasteiger partial charge in [-0.25, -0.2) is 4.98 Å². The van der Waals surface area contributed by atoms with Gasteiger partial charge in [0.15, 0.2) is 5.82 Å². The fourth-order valence-electron chi connectivity index (χ4n) is 3.82. The van der Waals surface area contributed by atoms with Crippen LogP contribution in [0.2, 0.25) is 0 Å². The minimum absolute atomic E-state index is 0.00219. The van der Waals surface area contributed by atoms with E-state index in [0.29, 0.717) is 5.82 Å². The molecule has 0 N–H and O–H groups in total. The van der Waals surface area contributed by atoms with E-state index in [1.54, 1.807) is 7.11 Å². The molecule has 5 nitrogen and oxygen atoms in total. The van der Waals surface area contributed by atoms with Gasteiger partial charge in [0.1, 0.15) is 5.75 Å². The Labute approximate surface area is 149 Å². The van der Waals surface area contributed by atoms with Crippen LogP contribution in [0, 0.1) is 13.8 Å². The fraction of sp³-hybridized carbons (Fsp3) is 0.500. The molecule has 2 aromatic rings. The first-order valence-electron chi connectivity index (χ1n) is 9.04. The van der Waals surface area contributed by atoms with Crippen LogP contribution in [0.1, 0.15) is 49.6 Å². The molecule has 0 atom stereocenters. The first-order valence-corrected chi connectivity index (χ1v) is 9.04. The zero-order chi connectivity index (χ0) is 18.1. The second kappa shape index (κ2) is 6.90. The Balaban J connectivity index is 2.13. The summed E-state index contributed by atoms with van der Waals surface area (Å²) >= 11 is 0. The van der Waals surface area contributed by atoms with Crippen LogP contribution in [-0.2, 0) is 6.42 Å². The van der Waals surface area contributed by atoms with E-state index < -0.39 is 0 Å². The van der Waals surface area contributed by atoms with Gasteiger partial charge in [-0.2, -0.15) is 0 Å². The van der Waals surface area contributed by atoms with Gasteiger partial charge < -0.3 is 14.2 Å². The number of methoxy groups -OCH3 is 1. The Morgan fingerprint density at radius 2 is 1.96 bits per heavy atom. The number of fused-ring (bicyclic) bond motifs is 1. The molecule has 2 heterocycles. The second-order valence-electron chi connectivity index (χ2n) is 6.74. The molecule has 3 rings (SSSR count). The van der Waals surface area contributed by atoms with Crippen LogP contribution in [0.3, 0.4) is 0 Å². The quantitative estimate of drug-likeness (QED) is 0.827. The van der Waals surface area contributed by atoms with E-state index in [9.17, 15) is 4.79 Å². The molecule has 0 saturated carbocycles. The summed E-state index contributed by atoms with van der Waals surface area (Å²) < 4.78 is 7.25. The van der Waals surface area contributed by atoms with Crippen LogP contribution < -0.4 is 15.2 Å². The van der Waals surface area contributed by atoms with Crippen molar-refractivity contribution in [3.8, 4) is 5.75 Å². The summed E-state index contributed by atoms with van der Waals surface area (Å²) in [7, 11) is 1.68. The Bertz CT molecular complexity index is 838. The zero-order valence-corrected chi connectivity index (χ0v) is 15.8. The van der Waals surface area contributed by atoms with Crippen LogP contribution in [0.25, 0.3) is 0 Å². The summed E-state index contributed by atoms with van der Waals surface area (Å²) in [5.74, 6) is 1.41. The van der Waals surface area contributed by atoms with Gasteiger partial charge in [0.05, 0.1) is 12.8 Å². The summed E-state index contributed by atoms with van der Waals surface area (Å²) in [4.78, 5) is 19.8. The van der Waals surface area contributed by atoms with Crippen molar-refractivity contribution in [1.82, 2.24) is 9.55 Å². The van der Waals surface area contributed by atoms with Crippen molar-refractivity contribution in [2.75, 3.05) is 18.6 Å². The normalized spacial score (nSPS) is 13.4. The Kier molecular flexibility index (Phi) is 4.84. The predicted molar refractivity (Wildman–Crippen MR) is 101 cm³/mol. The summed E-state index contributed by atoms with van der Waals surface area (Å²) in [5, 5.41) is 0. The van der Waals surface area contributed by atoms with Crippen molar-refractivity contribution in [2.24, 2.45) is 0 Å². The van der Waals surface area contributed by atoms with E-state index >= 15 is 0 Å². The summed E-state index contributed by atoms with van der Waals surface area (Å²) in [6, 6.07) is 4.30. The van der Waals surface area contributed by atoms with Crippen LogP contribution in [-0.4, -0.2) is 23.2 Å². The predicted octanol–water partition coefficient (Wildman–Crippen LogP) is 3.92. The number of hydrogen-bond acceptors (Lipinski definition) is 4. The number of hydrogen-bond donors (Lipinski definition) is 0. The molecule has 0 unspecified atom stereocenters. The lowest BCUT2D eigenvalue weighted by molar-refractivity contribution is 0.414. The minimum Gasteiger partial charge on any atom is -0.497 e. The summed E-state index contributed by atoms with van der Waals surface area (Å²) in [5.41, 5.74) is 4.31. The molecule has 0 amide bonds. The molecule has 1 aromatic carbocycles. The molecule has 0 bridgehead atoms. The lowest BCUT2D eigenvalue weighted by Crippen LogP contribution is -2.32. The van der Waals surface area contributed by atoms with Gasteiger partial charge in [0.2, 0.25) is 0 Å². The number of anilines is 2. The van der Waals surface area contributed by atoms with Gasteiger partial charge in [-0.3, -0.25) is 4.79 Å².